The molecule has 0 fully saturated rings. The number of carbonyl (C=O) groups is 4. The van der Waals surface area contributed by atoms with E-state index in [1.165, 1.54) is 32.5 Å². The number of esters is 2. The molecule has 4 aromatic carbocycles. The van der Waals surface area contributed by atoms with Crippen molar-refractivity contribution < 1.29 is 38.9 Å². The second-order valence-electron chi connectivity index (χ2n) is 16.1. The molecule has 66 heavy (non-hydrogen) atoms. The molecule has 14 nitrogen and oxygen atoms in total. The predicted octanol–water partition coefficient (Wildman–Crippen LogP) is 5.83. The van der Waals surface area contributed by atoms with Crippen LogP contribution in [0.1, 0.15) is 41.6 Å². The number of ether oxygens (including phenoxy) is 2. The smallest absolute Gasteiger partial charge is 0.340 e. The average Bonchev–Trinajstić information content (AvgIpc) is 4.06. The molecule has 4 unspecified atom stereocenters. The molecule has 0 saturated heterocycles. The van der Waals surface area contributed by atoms with Crippen LogP contribution in [0, 0.1) is 0 Å². The number of thiophene rings is 2. The van der Waals surface area contributed by atoms with E-state index in [9.17, 15) is 29.4 Å². The molecule has 6 aromatic rings. The second-order valence-corrected chi connectivity index (χ2v) is 18.0. The topological polar surface area (TPSA) is 165 Å². The molecule has 2 aliphatic rings. The number of anilines is 2. The first-order valence-electron chi connectivity index (χ1n) is 21.1. The zero-order chi connectivity index (χ0) is 46.6. The standard InChI is InChI=1S/C50H48N6O8S2/c1-53(45(59)39-25-15-27-65-39)31-49(29-51-41(33-17-7-5-8-18-33)35-21-11-13-23-37(35)55(49)3)63-47(61)43(57)44(58)48(62)64-50(32-54(2)46(60)40-26-16-28-66-40)30-52-42(34-19-9-6-10-20-34)36-22-12-14-24-38(36)56(50)4/h5-28,43-44,57-58H,29-32H2,1-4H3. The van der Waals surface area contributed by atoms with Crippen LogP contribution in [0.3, 0.4) is 0 Å². The van der Waals surface area contributed by atoms with E-state index in [1.54, 1.807) is 73.0 Å². The summed E-state index contributed by atoms with van der Waals surface area (Å²) in [6.45, 7) is -0.913. The van der Waals surface area contributed by atoms with E-state index in [0.717, 1.165) is 22.3 Å². The molecule has 0 aliphatic carbocycles. The quantitative estimate of drug-likeness (QED) is 0.135. The van der Waals surface area contributed by atoms with E-state index in [4.69, 9.17) is 19.5 Å². The number of aliphatic hydroxyl groups excluding tert-OH is 2. The molecule has 2 amide bonds. The lowest BCUT2D eigenvalue weighted by Crippen LogP contribution is -2.62. The molecule has 2 aromatic heterocycles. The number of hydrogen-bond acceptors (Lipinski definition) is 14. The van der Waals surface area contributed by atoms with Gasteiger partial charge in [-0.2, -0.15) is 0 Å². The number of carbonyl (C=O) groups excluding carboxylic acids is 4. The van der Waals surface area contributed by atoms with Gasteiger partial charge in [0.05, 0.1) is 34.3 Å². The largest absolute Gasteiger partial charge is 0.433 e. The van der Waals surface area contributed by atoms with Crippen LogP contribution < -0.4 is 9.80 Å². The molecule has 4 atom stereocenters. The highest BCUT2D eigenvalue weighted by Gasteiger charge is 2.49. The van der Waals surface area contributed by atoms with E-state index >= 15 is 0 Å². The molecule has 0 radical (unpaired) electrons. The lowest BCUT2D eigenvalue weighted by Gasteiger charge is -2.44. The summed E-state index contributed by atoms with van der Waals surface area (Å²) in [6.07, 6.45) is -4.96. The molecular formula is C50H48N6O8S2. The van der Waals surface area contributed by atoms with Crippen molar-refractivity contribution in [3.05, 3.63) is 176 Å². The fraction of sp³-hybridized carbons (Fsp3) is 0.240. The van der Waals surface area contributed by atoms with Gasteiger partial charge in [0.2, 0.25) is 11.4 Å². The third-order valence-corrected chi connectivity index (χ3v) is 13.5. The fourth-order valence-electron chi connectivity index (χ4n) is 8.24. The number of aliphatic hydroxyl groups is 2. The van der Waals surface area contributed by atoms with E-state index < -0.39 is 35.6 Å². The highest BCUT2D eigenvalue weighted by Crippen LogP contribution is 2.37. The Labute approximate surface area is 390 Å². The van der Waals surface area contributed by atoms with Crippen molar-refractivity contribution in [2.24, 2.45) is 9.98 Å². The average molecular weight is 925 g/mol. The number of para-hydroxylation sites is 2. The molecule has 0 bridgehead atoms. The third-order valence-electron chi connectivity index (χ3n) is 11.8. The maximum Gasteiger partial charge on any atom is 0.340 e. The summed E-state index contributed by atoms with van der Waals surface area (Å²) in [5, 5.41) is 26.9. The number of rotatable bonds is 13. The van der Waals surface area contributed by atoms with Crippen molar-refractivity contribution in [3.8, 4) is 0 Å². The first-order chi connectivity index (χ1) is 31.8. The van der Waals surface area contributed by atoms with E-state index in [-0.39, 0.29) is 38.0 Å². The van der Waals surface area contributed by atoms with E-state index in [1.807, 2.05) is 109 Å². The minimum atomic E-state index is -2.48. The van der Waals surface area contributed by atoms with Gasteiger partial charge < -0.3 is 39.3 Å². The Morgan fingerprint density at radius 2 is 0.939 bits per heavy atom. The summed E-state index contributed by atoms with van der Waals surface area (Å²) in [4.78, 5) is 73.4. The number of amides is 2. The van der Waals surface area contributed by atoms with Crippen LogP contribution >= 0.6 is 22.7 Å². The number of benzene rings is 4. The van der Waals surface area contributed by atoms with Gasteiger partial charge in [0.1, 0.15) is 13.1 Å². The minimum absolute atomic E-state index is 0.219. The van der Waals surface area contributed by atoms with Gasteiger partial charge in [-0.1, -0.05) is 109 Å². The molecular weight excluding hydrogens is 877 g/mol. The molecule has 8 rings (SSSR count). The summed E-state index contributed by atoms with van der Waals surface area (Å²) in [5.41, 5.74) is 1.89. The van der Waals surface area contributed by atoms with Crippen molar-refractivity contribution in [2.45, 2.75) is 23.7 Å². The number of hydrogen-bond donors (Lipinski definition) is 2. The van der Waals surface area contributed by atoms with Crippen molar-refractivity contribution in [2.75, 3.05) is 64.2 Å². The Bertz CT molecular complexity index is 2580. The zero-order valence-electron chi connectivity index (χ0n) is 36.7. The summed E-state index contributed by atoms with van der Waals surface area (Å²) in [6, 6.07) is 40.7. The molecule has 2 N–H and O–H groups in total. The van der Waals surface area contributed by atoms with Gasteiger partial charge in [-0.05, 0) is 35.0 Å². The molecule has 4 heterocycles. The number of likely N-dealkylation sites (N-methyl/N-ethyl adjacent to an activating group) is 4. The van der Waals surface area contributed by atoms with Gasteiger partial charge in [-0.15, -0.1) is 22.7 Å². The Morgan fingerprint density at radius 3 is 1.30 bits per heavy atom. The Balaban J connectivity index is 1.13. The Hall–Kier alpha value is -6.98. The summed E-state index contributed by atoms with van der Waals surface area (Å²) >= 11 is 2.51. The number of benzodiazepines with no additional fused rings is 2. The zero-order valence-corrected chi connectivity index (χ0v) is 38.3. The van der Waals surface area contributed by atoms with Crippen LogP contribution in [-0.4, -0.2) is 133 Å². The van der Waals surface area contributed by atoms with Gasteiger partial charge in [-0.3, -0.25) is 19.6 Å². The van der Waals surface area contributed by atoms with Crippen LogP contribution in [0.4, 0.5) is 11.4 Å². The summed E-state index contributed by atoms with van der Waals surface area (Å²) in [5.74, 6) is -3.44. The monoisotopic (exact) mass is 924 g/mol. The lowest BCUT2D eigenvalue weighted by atomic mass is 10.00. The van der Waals surface area contributed by atoms with Crippen LogP contribution in [0.15, 0.2) is 154 Å². The fourth-order valence-corrected chi connectivity index (χ4v) is 9.67. The van der Waals surface area contributed by atoms with E-state index in [0.29, 0.717) is 32.6 Å². The summed E-state index contributed by atoms with van der Waals surface area (Å²) in [7, 11) is 6.52. The van der Waals surface area contributed by atoms with Crippen molar-refractivity contribution in [1.29, 1.82) is 0 Å². The third kappa shape index (κ3) is 9.00. The first kappa shape index (κ1) is 45.6. The van der Waals surface area contributed by atoms with E-state index in [2.05, 4.69) is 0 Å². The molecule has 0 saturated carbocycles. The Morgan fingerprint density at radius 1 is 0.576 bits per heavy atom. The van der Waals surface area contributed by atoms with Crippen LogP contribution in [-0.2, 0) is 19.1 Å². The van der Waals surface area contributed by atoms with Crippen molar-refractivity contribution in [1.82, 2.24) is 9.80 Å². The molecule has 0 spiro atoms. The van der Waals surface area contributed by atoms with Crippen LogP contribution in [0.5, 0.6) is 0 Å². The second kappa shape index (κ2) is 19.2. The SMILES string of the molecule is CN(CC1(OC(=O)C(O)C(O)C(=O)OC2(CN(C)C(=O)c3cccs3)CN=C(c3ccccc3)c3ccccc3N2C)CN=C(c2ccccc2)c2ccccc2N1C)C(=O)c1cccs1. The number of nitrogens with zero attached hydrogens (tertiary/aromatic N) is 6. The first-order valence-corrected chi connectivity index (χ1v) is 22.8. The van der Waals surface area contributed by atoms with Crippen molar-refractivity contribution in [3.63, 3.8) is 0 Å². The normalized spacial score (nSPS) is 18.8. The van der Waals surface area contributed by atoms with Gasteiger partial charge in [0.25, 0.3) is 11.8 Å². The maximum absolute atomic E-state index is 14.4. The lowest BCUT2D eigenvalue weighted by molar-refractivity contribution is -0.189. The predicted molar refractivity (Wildman–Crippen MR) is 256 cm³/mol. The van der Waals surface area contributed by atoms with Gasteiger partial charge in [-0.25, -0.2) is 9.59 Å². The van der Waals surface area contributed by atoms with Crippen molar-refractivity contribution >= 4 is 69.2 Å². The highest BCUT2D eigenvalue weighted by atomic mass is 32.1. The number of aliphatic imine (C=N–C) groups is 2. The number of fused-ring (bicyclic) bond motifs is 2. The van der Waals surface area contributed by atoms with Gasteiger partial charge in [0.15, 0.2) is 12.2 Å². The summed E-state index contributed by atoms with van der Waals surface area (Å²) < 4.78 is 12.5. The molecule has 2 aliphatic heterocycles. The van der Waals surface area contributed by atoms with Gasteiger partial charge in [0, 0.05) is 61.8 Å². The van der Waals surface area contributed by atoms with Gasteiger partial charge >= 0.3 is 11.9 Å². The molecule has 16 heteroatoms. The van der Waals surface area contributed by atoms with Crippen LogP contribution in [0.2, 0.25) is 0 Å². The minimum Gasteiger partial charge on any atom is -0.433 e. The van der Waals surface area contributed by atoms with Crippen LogP contribution in [0.25, 0.3) is 0 Å². The Kier molecular flexibility index (Phi) is 13.3. The highest BCUT2D eigenvalue weighted by molar-refractivity contribution is 7.12. The maximum atomic E-state index is 14.4. The molecule has 338 valence electrons.